The van der Waals surface area contributed by atoms with Gasteiger partial charge in [0.1, 0.15) is 11.6 Å². The van der Waals surface area contributed by atoms with Crippen LogP contribution in [0.4, 0.5) is 11.4 Å². The number of hydrogen-bond acceptors (Lipinski definition) is 4. The first-order chi connectivity index (χ1) is 13.6. The van der Waals surface area contributed by atoms with Crippen LogP contribution >= 0.6 is 0 Å². The molecular weight excluding hydrogens is 350 g/mol. The van der Waals surface area contributed by atoms with E-state index in [1.165, 1.54) is 0 Å². The molecule has 0 unspecified atom stereocenters. The van der Waals surface area contributed by atoms with Gasteiger partial charge in [0.15, 0.2) is 0 Å². The Morgan fingerprint density at radius 3 is 2.36 bits per heavy atom. The summed E-state index contributed by atoms with van der Waals surface area (Å²) in [5, 5.41) is 15.5. The van der Waals surface area contributed by atoms with Gasteiger partial charge < -0.3 is 10.5 Å². The first-order valence-electron chi connectivity index (χ1n) is 8.51. The highest BCUT2D eigenvalue weighted by Gasteiger charge is 1.96. The Hall–Kier alpha value is -4.11. The molecule has 0 aliphatic carbocycles. The topological polar surface area (TPSA) is 95.8 Å². The lowest BCUT2D eigenvalue weighted by Crippen LogP contribution is -2.10. The van der Waals surface area contributed by atoms with Crippen LogP contribution in [-0.4, -0.2) is 12.9 Å². The van der Waals surface area contributed by atoms with Crippen molar-refractivity contribution >= 4 is 17.2 Å². The van der Waals surface area contributed by atoms with Gasteiger partial charge in [-0.1, -0.05) is 23.1 Å². The second-order valence-electron chi connectivity index (χ2n) is 5.83. The first kappa shape index (κ1) is 18.7. The Bertz CT molecular complexity index is 1040. The summed E-state index contributed by atoms with van der Waals surface area (Å²) in [7, 11) is 1.64. The van der Waals surface area contributed by atoms with Gasteiger partial charge in [0.2, 0.25) is 0 Å². The monoisotopic (exact) mass is 369 g/mol. The maximum Gasteiger partial charge on any atom is 0.122 e. The number of amidine groups is 1. The molecule has 0 saturated carbocycles. The standard InChI is InChI=1S/C22H19N5O/c1-28-21-13-7-16(8-14-21)5-6-17-3-2-4-20(15-17)26-27-25-19-11-9-18(10-12-19)22(23)24/h2-4,7-15H,1H3,(H3,23,24)(H,25,26). The predicted molar refractivity (Wildman–Crippen MR) is 111 cm³/mol. The van der Waals surface area contributed by atoms with Gasteiger partial charge in [-0.25, -0.2) is 0 Å². The van der Waals surface area contributed by atoms with Gasteiger partial charge in [-0.05, 0) is 66.7 Å². The van der Waals surface area contributed by atoms with Crippen LogP contribution in [0.2, 0.25) is 0 Å². The van der Waals surface area contributed by atoms with Gasteiger partial charge >= 0.3 is 0 Å². The molecular formula is C22H19N5O. The smallest absolute Gasteiger partial charge is 0.122 e. The molecule has 138 valence electrons. The number of rotatable bonds is 5. The normalized spacial score (nSPS) is 10.2. The molecule has 0 spiro atoms. The van der Waals surface area contributed by atoms with Crippen molar-refractivity contribution in [1.29, 1.82) is 5.41 Å². The maximum absolute atomic E-state index is 7.38. The minimum atomic E-state index is 0.0224. The maximum atomic E-state index is 7.38. The van der Waals surface area contributed by atoms with E-state index in [2.05, 4.69) is 27.6 Å². The Morgan fingerprint density at radius 2 is 1.68 bits per heavy atom. The van der Waals surface area contributed by atoms with Gasteiger partial charge in [-0.3, -0.25) is 10.8 Å². The molecule has 0 aliphatic heterocycles. The minimum Gasteiger partial charge on any atom is -0.497 e. The van der Waals surface area contributed by atoms with E-state index in [0.29, 0.717) is 11.3 Å². The van der Waals surface area contributed by atoms with Crippen molar-refractivity contribution in [3.05, 3.63) is 89.5 Å². The lowest BCUT2D eigenvalue weighted by atomic mass is 10.1. The highest BCUT2D eigenvalue weighted by atomic mass is 16.5. The molecule has 0 amide bonds. The van der Waals surface area contributed by atoms with Crippen LogP contribution in [0, 0.1) is 17.3 Å². The number of methoxy groups -OCH3 is 1. The molecule has 0 aromatic heterocycles. The van der Waals surface area contributed by atoms with Crippen molar-refractivity contribution in [3.8, 4) is 17.6 Å². The number of nitrogens with one attached hydrogen (secondary N) is 2. The molecule has 6 heteroatoms. The van der Waals surface area contributed by atoms with Crippen molar-refractivity contribution in [1.82, 2.24) is 0 Å². The highest BCUT2D eigenvalue weighted by molar-refractivity contribution is 5.95. The van der Waals surface area contributed by atoms with Crippen LogP contribution < -0.4 is 15.9 Å². The fourth-order valence-corrected chi connectivity index (χ4v) is 2.33. The number of nitrogen functional groups attached to an aromatic ring is 1. The number of nitrogens with two attached hydrogens (primary N) is 1. The molecule has 0 bridgehead atoms. The summed E-state index contributed by atoms with van der Waals surface area (Å²) in [4.78, 5) is 0. The summed E-state index contributed by atoms with van der Waals surface area (Å²) in [6.07, 6.45) is 0. The second kappa shape index (κ2) is 9.01. The third-order valence-electron chi connectivity index (χ3n) is 3.83. The molecule has 0 aliphatic rings. The van der Waals surface area contributed by atoms with E-state index in [9.17, 15) is 0 Å². The molecule has 6 nitrogen and oxygen atoms in total. The van der Waals surface area contributed by atoms with Crippen molar-refractivity contribution in [2.24, 2.45) is 16.1 Å². The summed E-state index contributed by atoms with van der Waals surface area (Å²) in [5.74, 6) is 7.08. The van der Waals surface area contributed by atoms with Crippen LogP contribution in [0.25, 0.3) is 0 Å². The largest absolute Gasteiger partial charge is 0.497 e. The summed E-state index contributed by atoms with van der Waals surface area (Å²) < 4.78 is 5.14. The van der Waals surface area contributed by atoms with Crippen LogP contribution in [0.15, 0.2) is 83.1 Å². The Balaban J connectivity index is 1.64. The summed E-state index contributed by atoms with van der Waals surface area (Å²) in [5.41, 5.74) is 12.2. The molecule has 28 heavy (non-hydrogen) atoms. The Morgan fingerprint density at radius 1 is 0.964 bits per heavy atom. The number of benzene rings is 3. The van der Waals surface area contributed by atoms with E-state index >= 15 is 0 Å². The highest BCUT2D eigenvalue weighted by Crippen LogP contribution is 2.15. The van der Waals surface area contributed by atoms with Gasteiger partial charge in [-0.2, -0.15) is 0 Å². The third kappa shape index (κ3) is 5.19. The van der Waals surface area contributed by atoms with Crippen LogP contribution in [-0.2, 0) is 0 Å². The average molecular weight is 369 g/mol. The van der Waals surface area contributed by atoms with E-state index in [4.69, 9.17) is 15.9 Å². The van der Waals surface area contributed by atoms with Gasteiger partial charge in [0.05, 0.1) is 18.5 Å². The van der Waals surface area contributed by atoms with Crippen LogP contribution in [0.3, 0.4) is 0 Å². The van der Waals surface area contributed by atoms with Gasteiger partial charge in [0.25, 0.3) is 0 Å². The fourth-order valence-electron chi connectivity index (χ4n) is 2.33. The second-order valence-corrected chi connectivity index (χ2v) is 5.83. The lowest BCUT2D eigenvalue weighted by molar-refractivity contribution is 0.415. The Labute approximate surface area is 163 Å². The van der Waals surface area contributed by atoms with E-state index in [1.54, 1.807) is 31.4 Å². The molecule has 0 atom stereocenters. The van der Waals surface area contributed by atoms with Crippen molar-refractivity contribution in [2.45, 2.75) is 0 Å². The number of ether oxygens (including phenoxy) is 1. The van der Waals surface area contributed by atoms with E-state index in [0.717, 1.165) is 22.6 Å². The molecule has 3 aromatic rings. The lowest BCUT2D eigenvalue weighted by Gasteiger charge is -2.00. The van der Waals surface area contributed by atoms with E-state index < -0.39 is 0 Å². The quantitative estimate of drug-likeness (QED) is 0.203. The summed E-state index contributed by atoms with van der Waals surface area (Å²) >= 11 is 0. The van der Waals surface area contributed by atoms with Crippen LogP contribution in [0.1, 0.15) is 16.7 Å². The zero-order chi connectivity index (χ0) is 19.8. The summed E-state index contributed by atoms with van der Waals surface area (Å²) in [6, 6.07) is 22.2. The fraction of sp³-hybridized carbons (Fsp3) is 0.0455. The number of nitrogens with zero attached hydrogens (tertiary/aromatic N) is 2. The average Bonchev–Trinajstić information content (AvgIpc) is 2.73. The zero-order valence-corrected chi connectivity index (χ0v) is 15.3. The van der Waals surface area contributed by atoms with Gasteiger partial charge in [0, 0.05) is 16.7 Å². The number of anilines is 1. The molecule has 0 saturated heterocycles. The van der Waals surface area contributed by atoms with Crippen molar-refractivity contribution in [2.75, 3.05) is 12.5 Å². The first-order valence-corrected chi connectivity index (χ1v) is 8.51. The van der Waals surface area contributed by atoms with Crippen molar-refractivity contribution < 1.29 is 4.74 Å². The van der Waals surface area contributed by atoms with E-state index in [-0.39, 0.29) is 5.84 Å². The summed E-state index contributed by atoms with van der Waals surface area (Å²) in [6.45, 7) is 0. The molecule has 3 aromatic carbocycles. The molecule has 4 N–H and O–H groups in total. The predicted octanol–water partition coefficient (Wildman–Crippen LogP) is 4.49. The van der Waals surface area contributed by atoms with Crippen molar-refractivity contribution in [3.63, 3.8) is 0 Å². The molecule has 0 heterocycles. The SMILES string of the molecule is COc1ccc(C#Cc2cccc(N/N=N/c3ccc(C(=N)N)cc3)c2)cc1. The zero-order valence-electron chi connectivity index (χ0n) is 15.3. The Kier molecular flexibility index (Phi) is 6.01. The van der Waals surface area contributed by atoms with E-state index in [1.807, 2.05) is 48.5 Å². The molecule has 0 radical (unpaired) electrons. The molecule has 3 rings (SSSR count). The minimum absolute atomic E-state index is 0.0224. The van der Waals surface area contributed by atoms with Gasteiger partial charge in [-0.15, -0.1) is 5.11 Å². The van der Waals surface area contributed by atoms with Crippen LogP contribution in [0.5, 0.6) is 5.75 Å². The molecule has 0 fully saturated rings. The number of hydrogen-bond donors (Lipinski definition) is 3. The third-order valence-corrected chi connectivity index (χ3v) is 3.83.